The van der Waals surface area contributed by atoms with Gasteiger partial charge in [-0.05, 0) is 50.6 Å². The Kier molecular flexibility index (Phi) is 7.51. The quantitative estimate of drug-likeness (QED) is 0.409. The summed E-state index contributed by atoms with van der Waals surface area (Å²) in [5, 5.41) is 5.47. The lowest BCUT2D eigenvalue weighted by molar-refractivity contribution is 0.0653. The number of fused-ring (bicyclic) bond motifs is 1. The summed E-state index contributed by atoms with van der Waals surface area (Å²) >= 11 is 3.31. The molecular weight excluding hydrogens is 466 g/mol. The van der Waals surface area contributed by atoms with Crippen molar-refractivity contribution >= 4 is 39.5 Å². The summed E-state index contributed by atoms with van der Waals surface area (Å²) in [5.74, 6) is 0.543. The molecule has 2 N–H and O–H groups in total. The molecule has 0 unspecified atom stereocenters. The number of benzene rings is 2. The van der Waals surface area contributed by atoms with Crippen LogP contribution in [0, 0.1) is 0 Å². The van der Waals surface area contributed by atoms with Crippen LogP contribution < -0.4 is 20.1 Å². The first-order chi connectivity index (χ1) is 14.9. The molecule has 0 radical (unpaired) electrons. The number of rotatable bonds is 9. The second-order valence-electron chi connectivity index (χ2n) is 6.71. The molecule has 0 bridgehead atoms. The molecule has 0 aromatic heterocycles. The minimum Gasteiger partial charge on any atom is -0.490 e. The number of ether oxygens (including phenoxy) is 2. The summed E-state index contributed by atoms with van der Waals surface area (Å²) in [5.41, 5.74) is 1.36. The zero-order chi connectivity index (χ0) is 22.4. The maximum Gasteiger partial charge on any atom is 0.319 e. The van der Waals surface area contributed by atoms with Crippen molar-refractivity contribution in [1.82, 2.24) is 10.2 Å². The van der Waals surface area contributed by atoms with Crippen LogP contribution >= 0.6 is 15.9 Å². The first-order valence-electron chi connectivity index (χ1n) is 10.0. The van der Waals surface area contributed by atoms with Gasteiger partial charge in [0, 0.05) is 29.3 Å². The van der Waals surface area contributed by atoms with E-state index in [2.05, 4.69) is 26.6 Å². The van der Waals surface area contributed by atoms with Crippen LogP contribution in [0.5, 0.6) is 11.5 Å². The normalized spacial score (nSPS) is 12.5. The van der Waals surface area contributed by atoms with E-state index in [4.69, 9.17) is 9.47 Å². The number of hydrogen-bond acceptors (Lipinski definition) is 5. The number of carbonyl (C=O) groups excluding carboxylic acids is 3. The molecule has 0 saturated heterocycles. The fourth-order valence-corrected chi connectivity index (χ4v) is 3.57. The molecule has 1 heterocycles. The van der Waals surface area contributed by atoms with Gasteiger partial charge in [0.1, 0.15) is 0 Å². The number of nitrogens with zero attached hydrogens (tertiary/aromatic N) is 1. The minimum absolute atomic E-state index is 0.224. The second kappa shape index (κ2) is 10.3. The van der Waals surface area contributed by atoms with Gasteiger partial charge < -0.3 is 20.1 Å². The molecule has 1 aliphatic rings. The maximum absolute atomic E-state index is 12.5. The first kappa shape index (κ1) is 22.6. The van der Waals surface area contributed by atoms with Gasteiger partial charge in [0.15, 0.2) is 11.5 Å². The predicted molar refractivity (Wildman–Crippen MR) is 120 cm³/mol. The van der Waals surface area contributed by atoms with Gasteiger partial charge in [0.2, 0.25) is 0 Å². The third-order valence-corrected chi connectivity index (χ3v) is 5.07. The monoisotopic (exact) mass is 489 g/mol. The van der Waals surface area contributed by atoms with E-state index in [1.807, 2.05) is 13.8 Å². The molecule has 0 fully saturated rings. The summed E-state index contributed by atoms with van der Waals surface area (Å²) in [7, 11) is 0. The summed E-state index contributed by atoms with van der Waals surface area (Å²) in [4.78, 5) is 38.3. The molecule has 164 valence electrons. The van der Waals surface area contributed by atoms with Crippen LogP contribution in [0.15, 0.2) is 40.9 Å². The van der Waals surface area contributed by atoms with Crippen molar-refractivity contribution in [2.45, 2.75) is 20.3 Å². The van der Waals surface area contributed by atoms with Crippen LogP contribution in [0.3, 0.4) is 0 Å². The molecule has 0 saturated carbocycles. The summed E-state index contributed by atoms with van der Waals surface area (Å²) in [6.07, 6.45) is 0.438. The maximum atomic E-state index is 12.5. The van der Waals surface area contributed by atoms with Crippen LogP contribution in [0.25, 0.3) is 0 Å². The number of hydrogen-bond donors (Lipinski definition) is 2. The second-order valence-corrected chi connectivity index (χ2v) is 7.63. The Morgan fingerprint density at radius 2 is 1.68 bits per heavy atom. The Morgan fingerprint density at radius 1 is 0.968 bits per heavy atom. The molecule has 4 amide bonds. The third kappa shape index (κ3) is 5.35. The summed E-state index contributed by atoms with van der Waals surface area (Å²) in [6, 6.07) is 9.79. The molecule has 1 aliphatic heterocycles. The van der Waals surface area contributed by atoms with Gasteiger partial charge in [-0.25, -0.2) is 4.79 Å². The third-order valence-electron chi connectivity index (χ3n) is 4.58. The molecule has 8 nitrogen and oxygen atoms in total. The summed E-state index contributed by atoms with van der Waals surface area (Å²) in [6.45, 7) is 5.27. The number of nitrogens with one attached hydrogen (secondary N) is 2. The van der Waals surface area contributed by atoms with Gasteiger partial charge in [-0.3, -0.25) is 14.5 Å². The van der Waals surface area contributed by atoms with Crippen molar-refractivity contribution in [2.75, 3.05) is 31.6 Å². The largest absolute Gasteiger partial charge is 0.490 e. The van der Waals surface area contributed by atoms with E-state index < -0.39 is 6.03 Å². The van der Waals surface area contributed by atoms with Gasteiger partial charge in [-0.1, -0.05) is 15.9 Å². The van der Waals surface area contributed by atoms with E-state index in [1.54, 1.807) is 36.4 Å². The lowest BCUT2D eigenvalue weighted by atomic mass is 10.1. The van der Waals surface area contributed by atoms with E-state index in [-0.39, 0.29) is 18.4 Å². The first-order valence-corrected chi connectivity index (χ1v) is 10.8. The van der Waals surface area contributed by atoms with E-state index in [9.17, 15) is 14.4 Å². The molecule has 3 rings (SSSR count). The van der Waals surface area contributed by atoms with Crippen molar-refractivity contribution in [3.63, 3.8) is 0 Å². The molecule has 31 heavy (non-hydrogen) atoms. The molecule has 2 aromatic rings. The number of amides is 4. The lowest BCUT2D eigenvalue weighted by Crippen LogP contribution is -2.35. The smallest absolute Gasteiger partial charge is 0.319 e. The number of urea groups is 1. The Bertz CT molecular complexity index is 995. The summed E-state index contributed by atoms with van der Waals surface area (Å²) < 4.78 is 11.8. The van der Waals surface area contributed by atoms with Crippen molar-refractivity contribution in [3.05, 3.63) is 52.0 Å². The lowest BCUT2D eigenvalue weighted by Gasteiger charge is -2.15. The molecule has 0 aliphatic carbocycles. The highest BCUT2D eigenvalue weighted by Crippen LogP contribution is 2.30. The van der Waals surface area contributed by atoms with Crippen molar-refractivity contribution in [1.29, 1.82) is 0 Å². The van der Waals surface area contributed by atoms with Crippen molar-refractivity contribution in [3.8, 4) is 11.5 Å². The van der Waals surface area contributed by atoms with Crippen LogP contribution in [0.2, 0.25) is 0 Å². The zero-order valence-electron chi connectivity index (χ0n) is 17.4. The van der Waals surface area contributed by atoms with E-state index >= 15 is 0 Å². The molecule has 2 aromatic carbocycles. The molecule has 0 spiro atoms. The van der Waals surface area contributed by atoms with Crippen molar-refractivity contribution < 1.29 is 23.9 Å². The van der Waals surface area contributed by atoms with E-state index in [1.165, 1.54) is 4.90 Å². The highest BCUT2D eigenvalue weighted by atomic mass is 79.9. The predicted octanol–water partition coefficient (Wildman–Crippen LogP) is 4.05. The average molecular weight is 490 g/mol. The fraction of sp³-hybridized carbons (Fsp3) is 0.318. The molecule has 0 atom stereocenters. The van der Waals surface area contributed by atoms with Gasteiger partial charge in [-0.15, -0.1) is 0 Å². The number of imide groups is 1. The highest BCUT2D eigenvalue weighted by molar-refractivity contribution is 9.10. The Hall–Kier alpha value is -3.07. The van der Waals surface area contributed by atoms with Crippen LogP contribution in [-0.4, -0.2) is 49.0 Å². The number of anilines is 1. The van der Waals surface area contributed by atoms with Crippen LogP contribution in [-0.2, 0) is 0 Å². The average Bonchev–Trinajstić information content (AvgIpc) is 2.97. The minimum atomic E-state index is -0.391. The zero-order valence-corrected chi connectivity index (χ0v) is 19.0. The van der Waals surface area contributed by atoms with Crippen LogP contribution in [0.1, 0.15) is 41.0 Å². The van der Waals surface area contributed by atoms with Crippen LogP contribution in [0.4, 0.5) is 10.5 Å². The van der Waals surface area contributed by atoms with E-state index in [0.717, 1.165) is 4.47 Å². The van der Waals surface area contributed by atoms with Gasteiger partial charge in [0.05, 0.1) is 24.3 Å². The fourth-order valence-electron chi connectivity index (χ4n) is 3.21. The van der Waals surface area contributed by atoms with Crippen molar-refractivity contribution in [2.24, 2.45) is 0 Å². The Balaban J connectivity index is 1.48. The Morgan fingerprint density at radius 3 is 2.42 bits per heavy atom. The Labute approximate surface area is 189 Å². The van der Waals surface area contributed by atoms with E-state index in [0.29, 0.717) is 54.5 Å². The topological polar surface area (TPSA) is 97.0 Å². The van der Waals surface area contributed by atoms with Gasteiger partial charge in [0.25, 0.3) is 11.8 Å². The molecule has 9 heteroatoms. The highest BCUT2D eigenvalue weighted by Gasteiger charge is 2.34. The SMILES string of the molecule is CCOc1ccc(NC(=O)NCCCN2C(=O)c3ccc(Br)cc3C2=O)cc1OCC. The van der Waals surface area contributed by atoms with Gasteiger partial charge in [-0.2, -0.15) is 0 Å². The number of halogens is 1. The molecular formula is C22H24BrN3O5. The number of carbonyl (C=O) groups is 3. The van der Waals surface area contributed by atoms with Gasteiger partial charge >= 0.3 is 6.03 Å². The standard InChI is InChI=1S/C22H24BrN3O5/c1-3-30-18-9-7-15(13-19(18)31-4-2)25-22(29)24-10-5-11-26-20(27)16-8-6-14(23)12-17(16)21(26)28/h6-9,12-13H,3-5,10-11H2,1-2H3,(H2,24,25,29).